The lowest BCUT2D eigenvalue weighted by molar-refractivity contribution is -0.138. The SMILES string of the molecule is Cc1cccn2cc(-c3cccc(NC(=O)[C@@H](O)CCC(=O)O)c3)nc12. The second-order valence-electron chi connectivity index (χ2n) is 6.07. The molecule has 0 saturated carbocycles. The summed E-state index contributed by atoms with van der Waals surface area (Å²) in [6.45, 7) is 1.99. The zero-order valence-electron chi connectivity index (χ0n) is 14.2. The molecule has 0 aliphatic carbocycles. The Morgan fingerprint density at radius 2 is 2.08 bits per heavy atom. The highest BCUT2D eigenvalue weighted by atomic mass is 16.4. The van der Waals surface area contributed by atoms with E-state index in [-0.39, 0.29) is 12.8 Å². The Bertz CT molecular complexity index is 964. The number of carbonyl (C=O) groups is 2. The van der Waals surface area contributed by atoms with Crippen molar-refractivity contribution < 1.29 is 19.8 Å². The van der Waals surface area contributed by atoms with E-state index >= 15 is 0 Å². The van der Waals surface area contributed by atoms with Gasteiger partial charge in [-0.05, 0) is 37.1 Å². The number of aromatic nitrogens is 2. The standard InChI is InChI=1S/C19H19N3O4/c1-12-4-3-9-22-11-15(21-18(12)22)13-5-2-6-14(10-13)20-19(26)16(23)7-8-17(24)25/h2-6,9-11,16,23H,7-8H2,1H3,(H,20,26)(H,24,25)/t16-/m0/s1. The van der Waals surface area contributed by atoms with Crippen LogP contribution in [0.15, 0.2) is 48.8 Å². The highest BCUT2D eigenvalue weighted by Crippen LogP contribution is 2.23. The summed E-state index contributed by atoms with van der Waals surface area (Å²) >= 11 is 0. The topological polar surface area (TPSA) is 104 Å². The van der Waals surface area contributed by atoms with Crippen molar-refractivity contribution in [2.24, 2.45) is 0 Å². The molecule has 26 heavy (non-hydrogen) atoms. The maximum atomic E-state index is 12.0. The molecule has 1 aromatic carbocycles. The van der Waals surface area contributed by atoms with Gasteiger partial charge >= 0.3 is 5.97 Å². The number of aliphatic hydroxyl groups excluding tert-OH is 1. The number of aliphatic hydroxyl groups is 1. The van der Waals surface area contributed by atoms with Gasteiger partial charge < -0.3 is 19.9 Å². The molecule has 0 aliphatic heterocycles. The van der Waals surface area contributed by atoms with Gasteiger partial charge in [0, 0.05) is 30.1 Å². The van der Waals surface area contributed by atoms with Crippen LogP contribution < -0.4 is 5.32 Å². The second kappa shape index (κ2) is 7.37. The number of aliphatic carboxylic acids is 1. The number of carboxylic acids is 1. The molecule has 2 aromatic heterocycles. The summed E-state index contributed by atoms with van der Waals surface area (Å²) in [5, 5.41) is 21.0. The quantitative estimate of drug-likeness (QED) is 0.631. The summed E-state index contributed by atoms with van der Waals surface area (Å²) in [6.07, 6.45) is 2.06. The molecule has 7 nitrogen and oxygen atoms in total. The number of fused-ring (bicyclic) bond motifs is 1. The summed E-state index contributed by atoms with van der Waals surface area (Å²) < 4.78 is 1.94. The smallest absolute Gasteiger partial charge is 0.303 e. The first-order chi connectivity index (χ1) is 12.4. The van der Waals surface area contributed by atoms with Gasteiger partial charge in [-0.1, -0.05) is 18.2 Å². The largest absolute Gasteiger partial charge is 0.481 e. The van der Waals surface area contributed by atoms with E-state index in [1.165, 1.54) is 0 Å². The minimum atomic E-state index is -1.37. The van der Waals surface area contributed by atoms with E-state index in [9.17, 15) is 14.7 Å². The van der Waals surface area contributed by atoms with Gasteiger partial charge in [-0.15, -0.1) is 0 Å². The summed E-state index contributed by atoms with van der Waals surface area (Å²) in [5.41, 5.74) is 4.02. The van der Waals surface area contributed by atoms with Crippen molar-refractivity contribution in [3.63, 3.8) is 0 Å². The van der Waals surface area contributed by atoms with Crippen molar-refractivity contribution in [3.8, 4) is 11.3 Å². The summed E-state index contributed by atoms with van der Waals surface area (Å²) in [4.78, 5) is 27.1. The van der Waals surface area contributed by atoms with Crippen molar-refractivity contribution in [2.75, 3.05) is 5.32 Å². The van der Waals surface area contributed by atoms with Crippen LogP contribution in [0.25, 0.3) is 16.9 Å². The number of amides is 1. The first kappa shape index (κ1) is 17.6. The Kier molecular flexibility index (Phi) is 4.99. The highest BCUT2D eigenvalue weighted by molar-refractivity contribution is 5.94. The third kappa shape index (κ3) is 3.89. The van der Waals surface area contributed by atoms with Crippen molar-refractivity contribution in [1.29, 1.82) is 0 Å². The lowest BCUT2D eigenvalue weighted by Gasteiger charge is -2.11. The maximum Gasteiger partial charge on any atom is 0.303 e. The number of rotatable bonds is 6. The minimum Gasteiger partial charge on any atom is -0.481 e. The van der Waals surface area contributed by atoms with Gasteiger partial charge in [-0.3, -0.25) is 9.59 Å². The predicted octanol–water partition coefficient (Wildman–Crippen LogP) is 2.47. The third-order valence-electron chi connectivity index (χ3n) is 4.04. The average Bonchev–Trinajstić information content (AvgIpc) is 3.05. The molecule has 0 fully saturated rings. The Balaban J connectivity index is 1.78. The summed E-state index contributed by atoms with van der Waals surface area (Å²) in [7, 11) is 0. The lowest BCUT2D eigenvalue weighted by atomic mass is 10.1. The van der Waals surface area contributed by atoms with Gasteiger partial charge in [0.25, 0.3) is 5.91 Å². The zero-order valence-corrected chi connectivity index (χ0v) is 14.2. The van der Waals surface area contributed by atoms with Gasteiger partial charge in [-0.2, -0.15) is 0 Å². The molecule has 0 unspecified atom stereocenters. The normalized spacial score (nSPS) is 12.1. The Morgan fingerprint density at radius 3 is 2.81 bits per heavy atom. The van der Waals surface area contributed by atoms with Crippen molar-refractivity contribution >= 4 is 23.2 Å². The number of hydrogen-bond donors (Lipinski definition) is 3. The number of carbonyl (C=O) groups excluding carboxylic acids is 1. The Labute approximate surface area is 149 Å². The van der Waals surface area contributed by atoms with E-state index in [0.29, 0.717) is 5.69 Å². The number of benzene rings is 1. The van der Waals surface area contributed by atoms with Crippen LogP contribution in [-0.2, 0) is 9.59 Å². The molecule has 1 amide bonds. The Morgan fingerprint density at radius 1 is 1.27 bits per heavy atom. The number of nitrogens with zero attached hydrogens (tertiary/aromatic N) is 2. The molecule has 2 heterocycles. The number of aryl methyl sites for hydroxylation is 1. The van der Waals surface area contributed by atoms with Crippen molar-refractivity contribution in [3.05, 3.63) is 54.4 Å². The third-order valence-corrected chi connectivity index (χ3v) is 4.04. The molecule has 3 N–H and O–H groups in total. The molecule has 0 radical (unpaired) electrons. The highest BCUT2D eigenvalue weighted by Gasteiger charge is 2.17. The minimum absolute atomic E-state index is 0.132. The van der Waals surface area contributed by atoms with Crippen LogP contribution in [0.3, 0.4) is 0 Å². The zero-order chi connectivity index (χ0) is 18.7. The fraction of sp³-hybridized carbons (Fsp3) is 0.211. The molecule has 134 valence electrons. The number of pyridine rings is 1. The van der Waals surface area contributed by atoms with Gasteiger partial charge in [0.05, 0.1) is 5.69 Å². The number of carboxylic acid groups (broad SMARTS) is 1. The molecule has 3 aromatic rings. The van der Waals surface area contributed by atoms with Crippen LogP contribution in [0.2, 0.25) is 0 Å². The molecule has 0 saturated heterocycles. The number of hydrogen-bond acceptors (Lipinski definition) is 4. The van der Waals surface area contributed by atoms with Crippen LogP contribution in [0.1, 0.15) is 18.4 Å². The van der Waals surface area contributed by atoms with Crippen molar-refractivity contribution in [2.45, 2.75) is 25.9 Å². The van der Waals surface area contributed by atoms with Gasteiger partial charge in [-0.25, -0.2) is 4.98 Å². The second-order valence-corrected chi connectivity index (χ2v) is 6.07. The van der Waals surface area contributed by atoms with Gasteiger partial charge in [0.15, 0.2) is 0 Å². The fourth-order valence-electron chi connectivity index (χ4n) is 2.67. The number of anilines is 1. The molecular weight excluding hydrogens is 334 g/mol. The van der Waals surface area contributed by atoms with E-state index < -0.39 is 18.0 Å². The van der Waals surface area contributed by atoms with Crippen LogP contribution in [0, 0.1) is 6.92 Å². The number of nitrogens with one attached hydrogen (secondary N) is 1. The molecule has 0 spiro atoms. The maximum absolute atomic E-state index is 12.0. The van der Waals surface area contributed by atoms with Crippen LogP contribution in [0.4, 0.5) is 5.69 Å². The number of imidazole rings is 1. The summed E-state index contributed by atoms with van der Waals surface area (Å²) in [6, 6.07) is 11.1. The molecular formula is C19H19N3O4. The fourth-order valence-corrected chi connectivity index (χ4v) is 2.67. The molecule has 7 heteroatoms. The van der Waals surface area contributed by atoms with E-state index in [0.717, 1.165) is 22.5 Å². The van der Waals surface area contributed by atoms with E-state index in [1.807, 2.05) is 41.9 Å². The van der Waals surface area contributed by atoms with Crippen LogP contribution >= 0.6 is 0 Å². The van der Waals surface area contributed by atoms with E-state index in [4.69, 9.17) is 5.11 Å². The monoisotopic (exact) mass is 353 g/mol. The molecule has 0 bridgehead atoms. The van der Waals surface area contributed by atoms with Crippen LogP contribution in [-0.4, -0.2) is 37.6 Å². The van der Waals surface area contributed by atoms with Crippen LogP contribution in [0.5, 0.6) is 0 Å². The van der Waals surface area contributed by atoms with Gasteiger partial charge in [0.2, 0.25) is 0 Å². The van der Waals surface area contributed by atoms with Crippen molar-refractivity contribution in [1.82, 2.24) is 9.38 Å². The molecule has 0 aliphatic rings. The molecule has 3 rings (SSSR count). The Hall–Kier alpha value is -3.19. The average molecular weight is 353 g/mol. The molecule has 1 atom stereocenters. The van der Waals surface area contributed by atoms with Gasteiger partial charge in [0.1, 0.15) is 11.8 Å². The van der Waals surface area contributed by atoms with E-state index in [1.54, 1.807) is 18.2 Å². The first-order valence-electron chi connectivity index (χ1n) is 8.19. The summed E-state index contributed by atoms with van der Waals surface area (Å²) in [5.74, 6) is -1.68. The van der Waals surface area contributed by atoms with E-state index in [2.05, 4.69) is 10.3 Å². The first-order valence-corrected chi connectivity index (χ1v) is 8.19. The lowest BCUT2D eigenvalue weighted by Crippen LogP contribution is -2.28. The predicted molar refractivity (Wildman–Crippen MR) is 96.9 cm³/mol.